The first-order valence-electron chi connectivity index (χ1n) is 7.09. The fraction of sp³-hybridized carbons (Fsp3) is 0.786. The van der Waals surface area contributed by atoms with Gasteiger partial charge in [-0.1, -0.05) is 0 Å². The summed E-state index contributed by atoms with van der Waals surface area (Å²) in [7, 11) is 3.77. The fourth-order valence-corrected chi connectivity index (χ4v) is 3.51. The Balaban J connectivity index is 2.43. The number of likely N-dealkylation sites (N-methyl/N-ethyl adjacent to an activating group) is 1. The van der Waals surface area contributed by atoms with E-state index in [1.807, 2.05) is 13.2 Å². The number of aromatic nitrogens is 2. The van der Waals surface area contributed by atoms with Gasteiger partial charge >= 0.3 is 0 Å². The van der Waals surface area contributed by atoms with Crippen LogP contribution >= 0.6 is 15.9 Å². The van der Waals surface area contributed by atoms with Crippen molar-refractivity contribution >= 4 is 15.9 Å². The molecular weight excluding hydrogens is 322 g/mol. The molecule has 1 aliphatic heterocycles. The zero-order valence-corrected chi connectivity index (χ0v) is 14.2. The molecular formula is C14H24BrN3O2. The van der Waals surface area contributed by atoms with Crippen LogP contribution in [0, 0.1) is 0 Å². The second kappa shape index (κ2) is 6.56. The van der Waals surface area contributed by atoms with Gasteiger partial charge in [0, 0.05) is 39.2 Å². The molecule has 0 aliphatic carbocycles. The highest BCUT2D eigenvalue weighted by molar-refractivity contribution is 9.10. The fourth-order valence-electron chi connectivity index (χ4n) is 3.01. The lowest BCUT2D eigenvalue weighted by Gasteiger charge is -2.42. The van der Waals surface area contributed by atoms with E-state index in [4.69, 9.17) is 9.47 Å². The van der Waals surface area contributed by atoms with Crippen LogP contribution in [0.1, 0.15) is 44.5 Å². The summed E-state index contributed by atoms with van der Waals surface area (Å²) in [5, 5.41) is 7.92. The quantitative estimate of drug-likeness (QED) is 0.891. The van der Waals surface area contributed by atoms with Crippen LogP contribution in [0.15, 0.2) is 10.7 Å². The largest absolute Gasteiger partial charge is 0.381 e. The Morgan fingerprint density at radius 3 is 2.60 bits per heavy atom. The first kappa shape index (κ1) is 15.9. The first-order chi connectivity index (χ1) is 9.55. The van der Waals surface area contributed by atoms with Crippen LogP contribution < -0.4 is 5.32 Å². The smallest absolute Gasteiger partial charge is 0.0931 e. The first-order valence-corrected chi connectivity index (χ1v) is 7.88. The van der Waals surface area contributed by atoms with Gasteiger partial charge in [0.15, 0.2) is 0 Å². The van der Waals surface area contributed by atoms with Crippen molar-refractivity contribution in [2.45, 2.75) is 44.4 Å². The summed E-state index contributed by atoms with van der Waals surface area (Å²) in [4.78, 5) is 0. The second-order valence-corrected chi connectivity index (χ2v) is 6.37. The molecule has 1 atom stereocenters. The molecule has 5 nitrogen and oxygen atoms in total. The van der Waals surface area contributed by atoms with Gasteiger partial charge in [0.25, 0.3) is 0 Å². The molecule has 0 amide bonds. The molecule has 1 N–H and O–H groups in total. The van der Waals surface area contributed by atoms with E-state index in [0.717, 1.165) is 36.2 Å². The van der Waals surface area contributed by atoms with Crippen LogP contribution in [-0.4, -0.2) is 42.8 Å². The predicted molar refractivity (Wildman–Crippen MR) is 81.9 cm³/mol. The lowest BCUT2D eigenvalue weighted by molar-refractivity contribution is -0.112. The molecule has 1 unspecified atom stereocenters. The van der Waals surface area contributed by atoms with E-state index in [-0.39, 0.29) is 11.6 Å². The number of halogens is 1. The van der Waals surface area contributed by atoms with Crippen molar-refractivity contribution in [1.82, 2.24) is 15.1 Å². The standard InChI is InChI=1S/C14H24BrN3O2/c1-10(2)18-12(11(15)9-17-18)13(16-3)14(19-4)5-7-20-8-6-14/h9-10,13,16H,5-8H2,1-4H3. The van der Waals surface area contributed by atoms with Gasteiger partial charge in [-0.25, -0.2) is 0 Å². The summed E-state index contributed by atoms with van der Waals surface area (Å²) in [6.45, 7) is 5.75. The van der Waals surface area contributed by atoms with Crippen LogP contribution in [0.25, 0.3) is 0 Å². The van der Waals surface area contributed by atoms with Crippen molar-refractivity contribution in [3.8, 4) is 0 Å². The molecule has 20 heavy (non-hydrogen) atoms. The third kappa shape index (κ3) is 2.79. The van der Waals surface area contributed by atoms with Gasteiger partial charge in [-0.05, 0) is 36.8 Å². The SMILES string of the molecule is CNC(c1c(Br)cnn1C(C)C)C1(OC)CCOCC1. The summed E-state index contributed by atoms with van der Waals surface area (Å²) >= 11 is 3.64. The van der Waals surface area contributed by atoms with Crippen LogP contribution in [0.4, 0.5) is 0 Å². The third-order valence-electron chi connectivity index (χ3n) is 4.11. The number of methoxy groups -OCH3 is 1. The van der Waals surface area contributed by atoms with E-state index in [2.05, 4.69) is 44.9 Å². The summed E-state index contributed by atoms with van der Waals surface area (Å²) in [6, 6.07) is 0.386. The molecule has 1 aliphatic rings. The highest BCUT2D eigenvalue weighted by Gasteiger charge is 2.43. The minimum atomic E-state index is -0.248. The number of nitrogens with zero attached hydrogens (tertiary/aromatic N) is 2. The summed E-state index contributed by atoms with van der Waals surface area (Å²) in [5.41, 5.74) is 0.897. The number of hydrogen-bond acceptors (Lipinski definition) is 4. The molecule has 0 radical (unpaired) electrons. The van der Waals surface area contributed by atoms with Crippen LogP contribution in [0.5, 0.6) is 0 Å². The molecule has 0 saturated carbocycles. The van der Waals surface area contributed by atoms with Gasteiger partial charge in [-0.2, -0.15) is 5.10 Å². The Hall–Kier alpha value is -0.430. The molecule has 0 aromatic carbocycles. The van der Waals surface area contributed by atoms with E-state index < -0.39 is 0 Å². The average Bonchev–Trinajstić information content (AvgIpc) is 2.83. The predicted octanol–water partition coefficient (Wildman–Crippen LogP) is 2.68. The van der Waals surface area contributed by atoms with E-state index in [9.17, 15) is 0 Å². The van der Waals surface area contributed by atoms with Gasteiger partial charge in [0.2, 0.25) is 0 Å². The van der Waals surface area contributed by atoms with Gasteiger partial charge in [0.1, 0.15) is 0 Å². The normalized spacial score (nSPS) is 20.3. The highest BCUT2D eigenvalue weighted by atomic mass is 79.9. The van der Waals surface area contributed by atoms with Crippen LogP contribution in [0.3, 0.4) is 0 Å². The maximum Gasteiger partial charge on any atom is 0.0931 e. The lowest BCUT2D eigenvalue weighted by atomic mass is 9.84. The van der Waals surface area contributed by atoms with Crippen molar-refractivity contribution in [3.05, 3.63) is 16.4 Å². The van der Waals surface area contributed by atoms with Crippen molar-refractivity contribution in [1.29, 1.82) is 0 Å². The summed E-state index contributed by atoms with van der Waals surface area (Å²) in [6.07, 6.45) is 3.62. The van der Waals surface area contributed by atoms with Crippen molar-refractivity contribution in [2.75, 3.05) is 27.4 Å². The minimum Gasteiger partial charge on any atom is -0.381 e. The lowest BCUT2D eigenvalue weighted by Crippen LogP contribution is -2.49. The number of nitrogens with one attached hydrogen (secondary N) is 1. The van der Waals surface area contributed by atoms with Gasteiger partial charge in [0.05, 0.1) is 28.0 Å². The molecule has 6 heteroatoms. The number of hydrogen-bond donors (Lipinski definition) is 1. The van der Waals surface area contributed by atoms with Gasteiger partial charge in [-0.3, -0.25) is 4.68 Å². The molecule has 1 saturated heterocycles. The molecule has 0 spiro atoms. The monoisotopic (exact) mass is 345 g/mol. The Bertz CT molecular complexity index is 442. The van der Waals surface area contributed by atoms with E-state index in [0.29, 0.717) is 6.04 Å². The molecule has 1 aromatic heterocycles. The molecule has 2 heterocycles. The molecule has 0 bridgehead atoms. The van der Waals surface area contributed by atoms with Gasteiger partial charge < -0.3 is 14.8 Å². The molecule has 1 aromatic rings. The maximum atomic E-state index is 5.94. The number of rotatable bonds is 5. The van der Waals surface area contributed by atoms with E-state index >= 15 is 0 Å². The third-order valence-corrected chi connectivity index (χ3v) is 4.72. The zero-order chi connectivity index (χ0) is 14.8. The summed E-state index contributed by atoms with van der Waals surface area (Å²) in [5.74, 6) is 0. The van der Waals surface area contributed by atoms with Crippen molar-refractivity contribution in [2.24, 2.45) is 0 Å². The highest BCUT2D eigenvalue weighted by Crippen LogP contribution is 2.40. The Kier molecular flexibility index (Phi) is 5.23. The molecule has 2 rings (SSSR count). The summed E-state index contributed by atoms with van der Waals surface area (Å²) < 4.78 is 14.5. The van der Waals surface area contributed by atoms with E-state index in [1.54, 1.807) is 7.11 Å². The molecule has 1 fully saturated rings. The van der Waals surface area contributed by atoms with Crippen LogP contribution in [-0.2, 0) is 9.47 Å². The Labute approximate surface area is 129 Å². The van der Waals surface area contributed by atoms with Gasteiger partial charge in [-0.15, -0.1) is 0 Å². The molecule has 114 valence electrons. The maximum absolute atomic E-state index is 5.94. The minimum absolute atomic E-state index is 0.0793. The average molecular weight is 346 g/mol. The van der Waals surface area contributed by atoms with E-state index in [1.165, 1.54) is 0 Å². The van der Waals surface area contributed by atoms with Crippen LogP contribution in [0.2, 0.25) is 0 Å². The Morgan fingerprint density at radius 1 is 1.45 bits per heavy atom. The second-order valence-electron chi connectivity index (χ2n) is 5.52. The Morgan fingerprint density at radius 2 is 2.10 bits per heavy atom. The topological polar surface area (TPSA) is 48.3 Å². The van der Waals surface area contributed by atoms with Crippen molar-refractivity contribution < 1.29 is 9.47 Å². The number of ether oxygens (including phenoxy) is 2. The van der Waals surface area contributed by atoms with Crippen molar-refractivity contribution in [3.63, 3.8) is 0 Å². The zero-order valence-electron chi connectivity index (χ0n) is 12.6.